The number of likely N-dealkylation sites (tertiary alicyclic amines) is 1. The summed E-state index contributed by atoms with van der Waals surface area (Å²) in [4.78, 5) is 5.89. The van der Waals surface area contributed by atoms with Crippen LogP contribution in [0.25, 0.3) is 27.6 Å². The van der Waals surface area contributed by atoms with Crippen molar-refractivity contribution >= 4 is 16.5 Å². The lowest BCUT2D eigenvalue weighted by molar-refractivity contribution is 0.0348. The standard InChI is InChI=1S/C25H28N2O.CH4O/c28-17-24-11-12-27(24)16-23-15-22-14-21(9-10-25(22)26-23)20-8-4-7-19(13-20)18-5-2-1-3-6-18;1-2/h4-5,7-10,13-15,24,26,28H,1-3,6,11-12,16-17H2;2H,1H3. The highest BCUT2D eigenvalue weighted by atomic mass is 16.3. The number of hydrogen-bond donors (Lipinski definition) is 3. The van der Waals surface area contributed by atoms with Crippen LogP contribution < -0.4 is 0 Å². The number of aromatic nitrogens is 1. The molecule has 5 rings (SSSR count). The maximum absolute atomic E-state index is 9.40. The minimum Gasteiger partial charge on any atom is -0.400 e. The molecule has 158 valence electrons. The summed E-state index contributed by atoms with van der Waals surface area (Å²) in [7, 11) is 1.00. The Labute approximate surface area is 178 Å². The maximum atomic E-state index is 9.40. The van der Waals surface area contributed by atoms with Gasteiger partial charge in [0.25, 0.3) is 0 Å². The van der Waals surface area contributed by atoms with Crippen LogP contribution in [0.4, 0.5) is 0 Å². The van der Waals surface area contributed by atoms with Crippen molar-refractivity contribution in [2.24, 2.45) is 0 Å². The molecule has 3 aromatic rings. The number of hydrogen-bond acceptors (Lipinski definition) is 3. The molecule has 1 saturated heterocycles. The molecule has 3 N–H and O–H groups in total. The highest BCUT2D eigenvalue weighted by Crippen LogP contribution is 2.31. The minimum atomic E-state index is 0.261. The number of fused-ring (bicyclic) bond motifs is 1. The van der Waals surface area contributed by atoms with E-state index in [4.69, 9.17) is 5.11 Å². The van der Waals surface area contributed by atoms with Crippen LogP contribution in [-0.4, -0.2) is 46.4 Å². The van der Waals surface area contributed by atoms with E-state index in [9.17, 15) is 5.11 Å². The molecule has 1 fully saturated rings. The van der Waals surface area contributed by atoms with E-state index in [2.05, 4.69) is 64.5 Å². The number of nitrogens with one attached hydrogen (secondary N) is 1. The van der Waals surface area contributed by atoms with Crippen molar-refractivity contribution in [2.45, 2.75) is 44.7 Å². The van der Waals surface area contributed by atoms with Crippen molar-refractivity contribution in [1.82, 2.24) is 9.88 Å². The lowest BCUT2D eigenvalue weighted by Crippen LogP contribution is -2.49. The van der Waals surface area contributed by atoms with Gasteiger partial charge in [-0.25, -0.2) is 0 Å². The van der Waals surface area contributed by atoms with Crippen molar-refractivity contribution in [1.29, 1.82) is 0 Å². The van der Waals surface area contributed by atoms with E-state index in [1.807, 2.05) is 0 Å². The van der Waals surface area contributed by atoms with Crippen LogP contribution in [0.3, 0.4) is 0 Å². The Morgan fingerprint density at radius 2 is 1.83 bits per heavy atom. The Kier molecular flexibility index (Phi) is 6.68. The molecule has 1 aliphatic heterocycles. The summed E-state index contributed by atoms with van der Waals surface area (Å²) in [6, 6.07) is 18.3. The Hall–Kier alpha value is -2.40. The van der Waals surface area contributed by atoms with E-state index >= 15 is 0 Å². The van der Waals surface area contributed by atoms with Gasteiger partial charge in [-0.05, 0) is 78.6 Å². The van der Waals surface area contributed by atoms with Crippen LogP contribution in [0.15, 0.2) is 54.6 Å². The largest absolute Gasteiger partial charge is 0.400 e. The molecule has 2 aromatic carbocycles. The van der Waals surface area contributed by atoms with Crippen LogP contribution in [0.1, 0.15) is 43.4 Å². The molecule has 30 heavy (non-hydrogen) atoms. The zero-order valence-corrected chi connectivity index (χ0v) is 17.8. The number of H-pyrrole nitrogens is 1. The van der Waals surface area contributed by atoms with Crippen LogP contribution in [0.2, 0.25) is 0 Å². The van der Waals surface area contributed by atoms with Crippen LogP contribution in [0.5, 0.6) is 0 Å². The quantitative estimate of drug-likeness (QED) is 0.563. The zero-order chi connectivity index (χ0) is 20.9. The van der Waals surface area contributed by atoms with Gasteiger partial charge in [0.05, 0.1) is 6.61 Å². The van der Waals surface area contributed by atoms with Crippen molar-refractivity contribution in [3.63, 3.8) is 0 Å². The third kappa shape index (κ3) is 4.36. The van der Waals surface area contributed by atoms with Gasteiger partial charge in [0, 0.05) is 42.8 Å². The van der Waals surface area contributed by atoms with Gasteiger partial charge in [-0.15, -0.1) is 0 Å². The first-order valence-corrected chi connectivity index (χ1v) is 11.0. The number of benzene rings is 2. The lowest BCUT2D eigenvalue weighted by atomic mass is 9.91. The molecule has 2 heterocycles. The molecule has 1 aromatic heterocycles. The molecular weight excluding hydrogens is 372 g/mol. The van der Waals surface area contributed by atoms with Crippen LogP contribution in [0, 0.1) is 0 Å². The maximum Gasteiger partial charge on any atom is 0.0587 e. The lowest BCUT2D eigenvalue weighted by Gasteiger charge is -2.39. The molecule has 1 atom stereocenters. The summed E-state index contributed by atoms with van der Waals surface area (Å²) in [6.07, 6.45) is 8.57. The van der Waals surface area contributed by atoms with Crippen molar-refractivity contribution in [2.75, 3.05) is 20.3 Å². The number of aliphatic hydroxyl groups is 2. The summed E-state index contributed by atoms with van der Waals surface area (Å²) in [5.41, 5.74) is 7.86. The third-order valence-electron chi connectivity index (χ3n) is 6.38. The average Bonchev–Trinajstić information content (AvgIpc) is 3.21. The van der Waals surface area contributed by atoms with Gasteiger partial charge in [0.15, 0.2) is 0 Å². The number of aliphatic hydroxyl groups excluding tert-OH is 2. The van der Waals surface area contributed by atoms with E-state index in [0.717, 1.165) is 26.6 Å². The first kappa shape index (κ1) is 20.9. The molecule has 0 radical (unpaired) electrons. The van der Waals surface area contributed by atoms with Gasteiger partial charge in [-0.3, -0.25) is 4.90 Å². The second-order valence-corrected chi connectivity index (χ2v) is 8.25. The van der Waals surface area contributed by atoms with Gasteiger partial charge >= 0.3 is 0 Å². The Morgan fingerprint density at radius 3 is 2.57 bits per heavy atom. The van der Waals surface area contributed by atoms with Gasteiger partial charge in [-0.2, -0.15) is 0 Å². The Morgan fingerprint density at radius 1 is 1.00 bits per heavy atom. The number of allylic oxidation sites excluding steroid dienone is 2. The molecule has 1 aliphatic carbocycles. The second-order valence-electron chi connectivity index (χ2n) is 8.25. The molecular formula is C26H32N2O2. The third-order valence-corrected chi connectivity index (χ3v) is 6.38. The fourth-order valence-electron chi connectivity index (χ4n) is 4.58. The zero-order valence-electron chi connectivity index (χ0n) is 17.8. The fraction of sp³-hybridized carbons (Fsp3) is 0.385. The summed E-state index contributed by atoms with van der Waals surface area (Å²) < 4.78 is 0. The van der Waals surface area contributed by atoms with Crippen LogP contribution in [-0.2, 0) is 6.54 Å². The first-order valence-electron chi connectivity index (χ1n) is 11.0. The van der Waals surface area contributed by atoms with Crippen LogP contribution >= 0.6 is 0 Å². The molecule has 0 saturated carbocycles. The first-order chi connectivity index (χ1) is 14.8. The fourth-order valence-corrected chi connectivity index (χ4v) is 4.58. The van der Waals surface area contributed by atoms with Crippen molar-refractivity contribution < 1.29 is 10.2 Å². The molecule has 1 unspecified atom stereocenters. The number of rotatable bonds is 5. The molecule has 2 aliphatic rings. The van der Waals surface area contributed by atoms with E-state index in [0.29, 0.717) is 6.04 Å². The SMILES string of the molecule is CO.OCC1CCN1Cc1cc2cc(-c3cccc(C4=CCCCC4)c3)ccc2[nH]1. The van der Waals surface area contributed by atoms with Crippen molar-refractivity contribution in [3.05, 3.63) is 65.9 Å². The van der Waals surface area contributed by atoms with Gasteiger partial charge < -0.3 is 15.2 Å². The molecule has 0 amide bonds. The number of aromatic amines is 1. The topological polar surface area (TPSA) is 59.5 Å². The normalized spacial score (nSPS) is 19.0. The van der Waals surface area contributed by atoms with Gasteiger partial charge in [-0.1, -0.05) is 30.3 Å². The predicted octanol–water partition coefficient (Wildman–Crippen LogP) is 4.97. The summed E-state index contributed by atoms with van der Waals surface area (Å²) in [5.74, 6) is 0. The van der Waals surface area contributed by atoms with E-state index in [1.165, 1.54) is 64.5 Å². The predicted molar refractivity (Wildman–Crippen MR) is 124 cm³/mol. The smallest absolute Gasteiger partial charge is 0.0587 e. The molecule has 0 spiro atoms. The van der Waals surface area contributed by atoms with Gasteiger partial charge in [0.1, 0.15) is 0 Å². The molecule has 0 bridgehead atoms. The highest BCUT2D eigenvalue weighted by Gasteiger charge is 2.27. The average molecular weight is 405 g/mol. The van der Waals surface area contributed by atoms with E-state index in [1.54, 1.807) is 0 Å². The number of nitrogens with zero attached hydrogens (tertiary/aromatic N) is 1. The Bertz CT molecular complexity index is 1020. The van der Waals surface area contributed by atoms with E-state index < -0.39 is 0 Å². The minimum absolute atomic E-state index is 0.261. The van der Waals surface area contributed by atoms with Crippen molar-refractivity contribution in [3.8, 4) is 11.1 Å². The second kappa shape index (κ2) is 9.61. The molecule has 4 nitrogen and oxygen atoms in total. The summed E-state index contributed by atoms with van der Waals surface area (Å²) in [5, 5.41) is 17.7. The van der Waals surface area contributed by atoms with Gasteiger partial charge in [0.2, 0.25) is 0 Å². The molecule has 4 heteroatoms. The Balaban J connectivity index is 0.00000106. The monoisotopic (exact) mass is 404 g/mol. The summed E-state index contributed by atoms with van der Waals surface area (Å²) >= 11 is 0. The van der Waals surface area contributed by atoms with E-state index in [-0.39, 0.29) is 6.61 Å². The summed E-state index contributed by atoms with van der Waals surface area (Å²) in [6.45, 7) is 2.23. The highest BCUT2D eigenvalue weighted by molar-refractivity contribution is 5.86.